The molecule has 0 saturated heterocycles. The maximum atomic E-state index is 12.8. The van der Waals surface area contributed by atoms with Crippen LogP contribution >= 0.6 is 0 Å². The average Bonchev–Trinajstić information content (AvgIpc) is 2.56. The Hall–Kier alpha value is -3.30. The van der Waals surface area contributed by atoms with Crippen molar-refractivity contribution >= 4 is 17.4 Å². The number of benzene rings is 2. The van der Waals surface area contributed by atoms with Crippen LogP contribution < -0.4 is 15.8 Å². The number of carbonyl (C=O) groups excluding carboxylic acids is 1. The molecule has 0 spiro atoms. The van der Waals surface area contributed by atoms with Gasteiger partial charge in [0.25, 0.3) is 5.91 Å². The highest BCUT2D eigenvalue weighted by atomic mass is 19.4. The summed E-state index contributed by atoms with van der Waals surface area (Å²) in [6, 6.07) is 9.73. The largest absolute Gasteiger partial charge is 0.573 e. The van der Waals surface area contributed by atoms with Crippen LogP contribution in [-0.4, -0.2) is 24.7 Å². The summed E-state index contributed by atoms with van der Waals surface area (Å²) >= 11 is 0. The van der Waals surface area contributed by atoms with Crippen molar-refractivity contribution in [3.8, 4) is 5.75 Å². The van der Waals surface area contributed by atoms with Crippen LogP contribution in [0.4, 0.5) is 23.2 Å². The number of anilines is 1. The van der Waals surface area contributed by atoms with Gasteiger partial charge in [0.15, 0.2) is 12.4 Å². The molecule has 0 atom stereocenters. The number of carbonyl (C=O) groups is 1. The number of rotatable bonds is 6. The summed E-state index contributed by atoms with van der Waals surface area (Å²) in [5, 5.41) is 5.92. The van der Waals surface area contributed by atoms with Crippen LogP contribution in [-0.2, 0) is 9.63 Å². The van der Waals surface area contributed by atoms with Crippen LogP contribution in [0.1, 0.15) is 5.56 Å². The normalized spacial score (nSPS) is 11.8. The predicted octanol–water partition coefficient (Wildman–Crippen LogP) is 3.00. The minimum Gasteiger partial charge on any atom is -0.406 e. The fourth-order valence-corrected chi connectivity index (χ4v) is 1.77. The van der Waals surface area contributed by atoms with E-state index in [1.165, 1.54) is 36.4 Å². The molecular formula is C16H13F4N3O3. The number of ether oxygens (including phenoxy) is 1. The molecule has 0 aromatic heterocycles. The molecule has 0 bridgehead atoms. The quantitative estimate of drug-likeness (QED) is 0.354. The summed E-state index contributed by atoms with van der Waals surface area (Å²) in [5.41, 5.74) is 6.26. The molecule has 2 rings (SSSR count). The lowest BCUT2D eigenvalue weighted by molar-refractivity contribution is -0.274. The van der Waals surface area contributed by atoms with Crippen LogP contribution in [0.5, 0.6) is 5.75 Å². The number of nitrogens with one attached hydrogen (secondary N) is 1. The summed E-state index contributed by atoms with van der Waals surface area (Å²) in [5.74, 6) is -1.51. The van der Waals surface area contributed by atoms with E-state index in [2.05, 4.69) is 15.2 Å². The van der Waals surface area contributed by atoms with E-state index in [1.54, 1.807) is 0 Å². The minimum absolute atomic E-state index is 0.0496. The third-order valence-corrected chi connectivity index (χ3v) is 2.87. The summed E-state index contributed by atoms with van der Waals surface area (Å²) in [6.07, 6.45) is -4.79. The second-order valence-electron chi connectivity index (χ2n) is 4.88. The molecule has 2 aromatic carbocycles. The molecule has 0 aliphatic carbocycles. The van der Waals surface area contributed by atoms with Crippen LogP contribution in [0, 0.1) is 5.82 Å². The fraction of sp³-hybridized carbons (Fsp3) is 0.125. The maximum Gasteiger partial charge on any atom is 0.573 e. The third kappa shape index (κ3) is 6.30. The Balaban J connectivity index is 1.83. The number of amides is 1. The van der Waals surface area contributed by atoms with Gasteiger partial charge in [-0.2, -0.15) is 0 Å². The van der Waals surface area contributed by atoms with Gasteiger partial charge < -0.3 is 20.6 Å². The van der Waals surface area contributed by atoms with E-state index in [4.69, 9.17) is 10.6 Å². The van der Waals surface area contributed by atoms with E-state index in [1.807, 2.05) is 0 Å². The number of alkyl halides is 3. The third-order valence-electron chi connectivity index (χ3n) is 2.87. The Morgan fingerprint density at radius 3 is 2.27 bits per heavy atom. The second kappa shape index (κ2) is 8.19. The SMILES string of the molecule is N/C(=N\OCC(=O)Nc1ccc(OC(F)(F)F)cc1)c1ccc(F)cc1. The summed E-state index contributed by atoms with van der Waals surface area (Å²) < 4.78 is 52.7. The van der Waals surface area contributed by atoms with E-state index in [0.717, 1.165) is 12.1 Å². The monoisotopic (exact) mass is 371 g/mol. The first-order chi connectivity index (χ1) is 12.2. The number of nitrogens with two attached hydrogens (primary N) is 1. The van der Waals surface area contributed by atoms with Gasteiger partial charge in [-0.3, -0.25) is 4.79 Å². The molecule has 10 heteroatoms. The smallest absolute Gasteiger partial charge is 0.406 e. The van der Waals surface area contributed by atoms with Crippen molar-refractivity contribution in [2.75, 3.05) is 11.9 Å². The molecule has 2 aromatic rings. The number of hydrogen-bond acceptors (Lipinski definition) is 4. The van der Waals surface area contributed by atoms with Gasteiger partial charge in [0.2, 0.25) is 0 Å². The molecule has 1 amide bonds. The molecule has 3 N–H and O–H groups in total. The highest BCUT2D eigenvalue weighted by molar-refractivity contribution is 5.97. The molecule has 0 aliphatic heterocycles. The van der Waals surface area contributed by atoms with Gasteiger partial charge in [0, 0.05) is 11.3 Å². The molecule has 26 heavy (non-hydrogen) atoms. The van der Waals surface area contributed by atoms with Crippen molar-refractivity contribution in [2.45, 2.75) is 6.36 Å². The van der Waals surface area contributed by atoms with E-state index in [0.29, 0.717) is 5.56 Å². The minimum atomic E-state index is -4.79. The number of oxime groups is 1. The lowest BCUT2D eigenvalue weighted by Crippen LogP contribution is -2.19. The fourth-order valence-electron chi connectivity index (χ4n) is 1.77. The van der Waals surface area contributed by atoms with Crippen molar-refractivity contribution in [3.05, 3.63) is 59.9 Å². The molecule has 0 heterocycles. The standard InChI is InChI=1S/C16H13F4N3O3/c17-11-3-1-10(2-4-11)15(21)23-25-9-14(24)22-12-5-7-13(8-6-12)26-16(18,19)20/h1-8H,9H2,(H2,21,23)(H,22,24). The first kappa shape index (κ1) is 19.0. The summed E-state index contributed by atoms with van der Waals surface area (Å²) in [4.78, 5) is 16.5. The predicted molar refractivity (Wildman–Crippen MR) is 84.8 cm³/mol. The molecule has 0 unspecified atom stereocenters. The number of hydrogen-bond donors (Lipinski definition) is 2. The topological polar surface area (TPSA) is 85.9 Å². The zero-order valence-electron chi connectivity index (χ0n) is 13.1. The van der Waals surface area contributed by atoms with E-state index >= 15 is 0 Å². The highest BCUT2D eigenvalue weighted by Crippen LogP contribution is 2.23. The zero-order valence-corrected chi connectivity index (χ0v) is 13.1. The zero-order chi connectivity index (χ0) is 19.2. The van der Waals surface area contributed by atoms with Crippen LogP contribution in [0.2, 0.25) is 0 Å². The number of nitrogens with zero attached hydrogens (tertiary/aromatic N) is 1. The molecule has 0 radical (unpaired) electrons. The van der Waals surface area contributed by atoms with Gasteiger partial charge >= 0.3 is 6.36 Å². The maximum absolute atomic E-state index is 12.8. The van der Waals surface area contributed by atoms with Crippen molar-refractivity contribution < 1.29 is 31.9 Å². The molecule has 6 nitrogen and oxygen atoms in total. The molecule has 0 aliphatic rings. The lowest BCUT2D eigenvalue weighted by atomic mass is 10.2. The Kier molecular flexibility index (Phi) is 5.99. The van der Waals surface area contributed by atoms with Gasteiger partial charge in [-0.05, 0) is 48.5 Å². The molecular weight excluding hydrogens is 358 g/mol. The highest BCUT2D eigenvalue weighted by Gasteiger charge is 2.30. The van der Waals surface area contributed by atoms with E-state index < -0.39 is 30.4 Å². The van der Waals surface area contributed by atoms with Crippen molar-refractivity contribution in [2.24, 2.45) is 10.9 Å². The van der Waals surface area contributed by atoms with Gasteiger partial charge in [-0.25, -0.2) is 4.39 Å². The lowest BCUT2D eigenvalue weighted by Gasteiger charge is -2.09. The summed E-state index contributed by atoms with van der Waals surface area (Å²) in [6.45, 7) is -0.483. The van der Waals surface area contributed by atoms with Gasteiger partial charge in [0.1, 0.15) is 11.6 Å². The number of halogens is 4. The van der Waals surface area contributed by atoms with Crippen molar-refractivity contribution in [1.29, 1.82) is 0 Å². The Morgan fingerprint density at radius 2 is 1.69 bits per heavy atom. The Morgan fingerprint density at radius 1 is 1.08 bits per heavy atom. The Bertz CT molecular complexity index is 775. The van der Waals surface area contributed by atoms with Crippen LogP contribution in [0.15, 0.2) is 53.7 Å². The first-order valence-electron chi connectivity index (χ1n) is 7.10. The first-order valence-corrected chi connectivity index (χ1v) is 7.10. The van der Waals surface area contributed by atoms with E-state index in [-0.39, 0.29) is 11.5 Å². The molecule has 138 valence electrons. The van der Waals surface area contributed by atoms with Gasteiger partial charge in [0.05, 0.1) is 0 Å². The van der Waals surface area contributed by atoms with Gasteiger partial charge in [-0.1, -0.05) is 5.16 Å². The van der Waals surface area contributed by atoms with Crippen LogP contribution in [0.3, 0.4) is 0 Å². The van der Waals surface area contributed by atoms with Gasteiger partial charge in [-0.15, -0.1) is 13.2 Å². The van der Waals surface area contributed by atoms with Crippen molar-refractivity contribution in [3.63, 3.8) is 0 Å². The summed E-state index contributed by atoms with van der Waals surface area (Å²) in [7, 11) is 0. The van der Waals surface area contributed by atoms with E-state index in [9.17, 15) is 22.4 Å². The number of amidine groups is 1. The molecule has 0 fully saturated rings. The molecule has 0 saturated carbocycles. The Labute approximate surface area is 145 Å². The van der Waals surface area contributed by atoms with Crippen LogP contribution in [0.25, 0.3) is 0 Å². The van der Waals surface area contributed by atoms with Crippen molar-refractivity contribution in [1.82, 2.24) is 0 Å². The average molecular weight is 371 g/mol. The second-order valence-corrected chi connectivity index (χ2v) is 4.88.